The molecule has 0 bridgehead atoms. The van der Waals surface area contributed by atoms with Gasteiger partial charge in [-0.1, -0.05) is 55.8 Å². The molecule has 0 spiro atoms. The second-order valence-corrected chi connectivity index (χ2v) is 7.51. The molecule has 3 heteroatoms. The first-order valence-corrected chi connectivity index (χ1v) is 7.83. The molecular weight excluding hydrogens is 302 g/mol. The van der Waals surface area contributed by atoms with Crippen LogP contribution in [0, 0.1) is 11.3 Å². The Morgan fingerprint density at radius 1 is 1.32 bits per heavy atom. The standard InChI is InChI=1S/C16H24BrNO/c1-5-12-13(16(2,3)4)15(19)14(18-12)10-7-6-8-11(17)9-10/h6-9,12-15,18-19H,5H2,1-4H3. The molecule has 1 fully saturated rings. The molecule has 0 radical (unpaired) electrons. The number of nitrogens with one attached hydrogen (secondary N) is 1. The van der Waals surface area contributed by atoms with Crippen LogP contribution in [0.1, 0.15) is 45.7 Å². The molecular formula is C16H24BrNO. The lowest BCUT2D eigenvalue weighted by Gasteiger charge is -2.33. The van der Waals surface area contributed by atoms with Gasteiger partial charge in [0.05, 0.1) is 12.1 Å². The monoisotopic (exact) mass is 325 g/mol. The van der Waals surface area contributed by atoms with Crippen molar-refractivity contribution in [3.8, 4) is 0 Å². The zero-order valence-corrected chi connectivity index (χ0v) is 13.7. The Labute approximate surface area is 124 Å². The first kappa shape index (κ1) is 15.0. The summed E-state index contributed by atoms with van der Waals surface area (Å²) < 4.78 is 1.06. The number of hydrogen-bond acceptors (Lipinski definition) is 2. The van der Waals surface area contributed by atoms with Gasteiger partial charge in [0, 0.05) is 16.4 Å². The number of benzene rings is 1. The highest BCUT2D eigenvalue weighted by Crippen LogP contribution is 2.43. The van der Waals surface area contributed by atoms with Crippen LogP contribution in [0.25, 0.3) is 0 Å². The molecule has 1 aliphatic heterocycles. The molecule has 2 nitrogen and oxygen atoms in total. The lowest BCUT2D eigenvalue weighted by molar-refractivity contribution is 0.0502. The van der Waals surface area contributed by atoms with Crippen molar-refractivity contribution in [3.63, 3.8) is 0 Å². The van der Waals surface area contributed by atoms with Gasteiger partial charge in [-0.25, -0.2) is 0 Å². The van der Waals surface area contributed by atoms with Gasteiger partial charge in [0.2, 0.25) is 0 Å². The fourth-order valence-corrected chi connectivity index (χ4v) is 3.78. The number of rotatable bonds is 2. The van der Waals surface area contributed by atoms with E-state index in [0.717, 1.165) is 16.5 Å². The Hall–Kier alpha value is -0.380. The van der Waals surface area contributed by atoms with Crippen molar-refractivity contribution in [1.82, 2.24) is 5.32 Å². The van der Waals surface area contributed by atoms with Gasteiger partial charge in [0.1, 0.15) is 0 Å². The van der Waals surface area contributed by atoms with Crippen LogP contribution in [0.15, 0.2) is 28.7 Å². The van der Waals surface area contributed by atoms with Crippen molar-refractivity contribution in [2.24, 2.45) is 11.3 Å². The van der Waals surface area contributed by atoms with Crippen LogP contribution in [0.3, 0.4) is 0 Å². The highest BCUT2D eigenvalue weighted by molar-refractivity contribution is 9.10. The van der Waals surface area contributed by atoms with E-state index < -0.39 is 0 Å². The van der Waals surface area contributed by atoms with Gasteiger partial charge in [0.15, 0.2) is 0 Å². The van der Waals surface area contributed by atoms with Gasteiger partial charge in [-0.15, -0.1) is 0 Å². The Morgan fingerprint density at radius 3 is 2.47 bits per heavy atom. The maximum Gasteiger partial charge on any atom is 0.0782 e. The van der Waals surface area contributed by atoms with Crippen molar-refractivity contribution in [3.05, 3.63) is 34.3 Å². The number of aliphatic hydroxyl groups excluding tert-OH is 1. The van der Waals surface area contributed by atoms with Crippen LogP contribution in [-0.4, -0.2) is 17.3 Å². The maximum absolute atomic E-state index is 10.8. The zero-order chi connectivity index (χ0) is 14.2. The normalized spacial score (nSPS) is 31.7. The van der Waals surface area contributed by atoms with E-state index in [-0.39, 0.29) is 23.5 Å². The first-order valence-electron chi connectivity index (χ1n) is 7.04. The molecule has 2 rings (SSSR count). The molecule has 106 valence electrons. The van der Waals surface area contributed by atoms with E-state index in [1.165, 1.54) is 0 Å². The predicted octanol–water partition coefficient (Wildman–Crippen LogP) is 3.90. The summed E-state index contributed by atoms with van der Waals surface area (Å²) in [6.45, 7) is 8.84. The van der Waals surface area contributed by atoms with E-state index in [4.69, 9.17) is 0 Å². The third-order valence-corrected chi connectivity index (χ3v) is 4.68. The topological polar surface area (TPSA) is 32.3 Å². The first-order chi connectivity index (χ1) is 8.84. The van der Waals surface area contributed by atoms with E-state index in [0.29, 0.717) is 6.04 Å². The minimum Gasteiger partial charge on any atom is -0.391 e. The van der Waals surface area contributed by atoms with E-state index in [1.54, 1.807) is 0 Å². The van der Waals surface area contributed by atoms with Gasteiger partial charge < -0.3 is 10.4 Å². The molecule has 1 aromatic rings. The Balaban J connectivity index is 2.30. The number of hydrogen-bond donors (Lipinski definition) is 2. The SMILES string of the molecule is CCC1NC(c2cccc(Br)c2)C(O)C1C(C)(C)C. The Morgan fingerprint density at radius 2 is 2.00 bits per heavy atom. The highest BCUT2D eigenvalue weighted by atomic mass is 79.9. The van der Waals surface area contributed by atoms with Crippen molar-refractivity contribution in [2.45, 2.75) is 52.3 Å². The average Bonchev–Trinajstić information content (AvgIpc) is 2.66. The molecule has 1 saturated heterocycles. The summed E-state index contributed by atoms with van der Waals surface area (Å²) in [4.78, 5) is 0. The van der Waals surface area contributed by atoms with Gasteiger partial charge >= 0.3 is 0 Å². The van der Waals surface area contributed by atoms with Gasteiger partial charge in [0.25, 0.3) is 0 Å². The van der Waals surface area contributed by atoms with E-state index in [9.17, 15) is 5.11 Å². The highest BCUT2D eigenvalue weighted by Gasteiger charge is 2.47. The summed E-state index contributed by atoms with van der Waals surface area (Å²) in [5.74, 6) is 0.279. The van der Waals surface area contributed by atoms with Crippen molar-refractivity contribution < 1.29 is 5.11 Å². The summed E-state index contributed by atoms with van der Waals surface area (Å²) in [5.41, 5.74) is 1.26. The van der Waals surface area contributed by atoms with Crippen LogP contribution in [0.5, 0.6) is 0 Å². The molecule has 0 aliphatic carbocycles. The third-order valence-electron chi connectivity index (χ3n) is 4.18. The second kappa shape index (κ2) is 5.55. The second-order valence-electron chi connectivity index (χ2n) is 6.60. The van der Waals surface area contributed by atoms with E-state index in [1.807, 2.05) is 12.1 Å². The third kappa shape index (κ3) is 3.04. The predicted molar refractivity (Wildman–Crippen MR) is 83.0 cm³/mol. The summed E-state index contributed by atoms with van der Waals surface area (Å²) in [6, 6.07) is 8.63. The minimum atomic E-state index is -0.334. The fourth-order valence-electron chi connectivity index (χ4n) is 3.36. The van der Waals surface area contributed by atoms with E-state index >= 15 is 0 Å². The molecule has 1 aromatic carbocycles. The smallest absolute Gasteiger partial charge is 0.0782 e. The van der Waals surface area contributed by atoms with Gasteiger partial charge in [-0.05, 0) is 29.5 Å². The molecule has 4 atom stereocenters. The molecule has 0 amide bonds. The maximum atomic E-state index is 10.8. The van der Waals surface area contributed by atoms with Crippen LogP contribution >= 0.6 is 15.9 Å². The number of halogens is 1. The van der Waals surface area contributed by atoms with Crippen molar-refractivity contribution >= 4 is 15.9 Å². The lowest BCUT2D eigenvalue weighted by atomic mass is 9.73. The molecule has 0 saturated carbocycles. The molecule has 0 aromatic heterocycles. The van der Waals surface area contributed by atoms with Crippen molar-refractivity contribution in [1.29, 1.82) is 0 Å². The molecule has 1 heterocycles. The van der Waals surface area contributed by atoms with Gasteiger partial charge in [-0.2, -0.15) is 0 Å². The zero-order valence-electron chi connectivity index (χ0n) is 12.2. The van der Waals surface area contributed by atoms with Crippen molar-refractivity contribution in [2.75, 3.05) is 0 Å². The van der Waals surface area contributed by atoms with Crippen LogP contribution in [0.2, 0.25) is 0 Å². The largest absolute Gasteiger partial charge is 0.391 e. The fraction of sp³-hybridized carbons (Fsp3) is 0.625. The van der Waals surface area contributed by atoms with Crippen LogP contribution in [-0.2, 0) is 0 Å². The summed E-state index contributed by atoms with van der Waals surface area (Å²) in [7, 11) is 0. The van der Waals surface area contributed by atoms with Crippen LogP contribution in [0.4, 0.5) is 0 Å². The summed E-state index contributed by atoms with van der Waals surface area (Å²) >= 11 is 3.51. The molecule has 4 unspecified atom stereocenters. The molecule has 19 heavy (non-hydrogen) atoms. The Bertz CT molecular complexity index is 441. The summed E-state index contributed by atoms with van der Waals surface area (Å²) in [6.07, 6.45) is 0.711. The average molecular weight is 326 g/mol. The quantitative estimate of drug-likeness (QED) is 0.864. The van der Waals surface area contributed by atoms with E-state index in [2.05, 4.69) is 61.1 Å². The lowest BCUT2D eigenvalue weighted by Crippen LogP contribution is -2.37. The van der Waals surface area contributed by atoms with Crippen LogP contribution < -0.4 is 5.32 Å². The minimum absolute atomic E-state index is 0.0340. The summed E-state index contributed by atoms with van der Waals surface area (Å²) in [5, 5.41) is 14.4. The van der Waals surface area contributed by atoms with Gasteiger partial charge in [-0.3, -0.25) is 0 Å². The number of aliphatic hydroxyl groups is 1. The molecule has 1 aliphatic rings. The molecule has 2 N–H and O–H groups in total. The Kier molecular flexibility index (Phi) is 4.38.